The summed E-state index contributed by atoms with van der Waals surface area (Å²) >= 11 is 2.32. The van der Waals surface area contributed by atoms with Gasteiger partial charge >= 0.3 is 0 Å². The van der Waals surface area contributed by atoms with Gasteiger partial charge in [0.15, 0.2) is 0 Å². The Morgan fingerprint density at radius 3 is 2.60 bits per heavy atom. The molecule has 0 aromatic heterocycles. The molecule has 1 aromatic rings. The van der Waals surface area contributed by atoms with E-state index in [1.807, 2.05) is 6.07 Å². The lowest BCUT2D eigenvalue weighted by Crippen LogP contribution is -1.86. The van der Waals surface area contributed by atoms with Crippen LogP contribution in [0.4, 0.5) is 0 Å². The second-order valence-electron chi connectivity index (χ2n) is 2.62. The van der Waals surface area contributed by atoms with Crippen LogP contribution in [0.25, 0.3) is 0 Å². The Morgan fingerprint density at radius 2 is 2.20 bits per heavy atom. The zero-order chi connectivity index (χ0) is 7.56. The fourth-order valence-electron chi connectivity index (χ4n) is 0.789. The van der Waals surface area contributed by atoms with E-state index in [9.17, 15) is 0 Å². The van der Waals surface area contributed by atoms with Gasteiger partial charge in [0.25, 0.3) is 0 Å². The summed E-state index contributed by atoms with van der Waals surface area (Å²) in [6.45, 7) is 4.36. The Balaban J connectivity index is 2.96. The van der Waals surface area contributed by atoms with Crippen LogP contribution < -0.4 is 0 Å². The highest BCUT2D eigenvalue weighted by Gasteiger charge is 1.97. The number of hydrogen-bond acceptors (Lipinski definition) is 0. The standard InChI is InChI=1S/C9H10I/c1-7(2)8-4-3-5-9(10)6-8/h3,5-7H,1-2H3. The number of hydrogen-bond donors (Lipinski definition) is 0. The van der Waals surface area contributed by atoms with Crippen molar-refractivity contribution in [2.24, 2.45) is 0 Å². The minimum atomic E-state index is 0.592. The van der Waals surface area contributed by atoms with Crippen molar-refractivity contribution in [3.63, 3.8) is 0 Å². The highest BCUT2D eigenvalue weighted by atomic mass is 127. The summed E-state index contributed by atoms with van der Waals surface area (Å²) in [6, 6.07) is 9.42. The van der Waals surface area contributed by atoms with Crippen LogP contribution in [0.2, 0.25) is 0 Å². The van der Waals surface area contributed by atoms with Crippen molar-refractivity contribution >= 4 is 22.6 Å². The van der Waals surface area contributed by atoms with E-state index in [4.69, 9.17) is 0 Å². The van der Waals surface area contributed by atoms with Gasteiger partial charge in [-0.3, -0.25) is 0 Å². The van der Waals surface area contributed by atoms with E-state index in [2.05, 4.69) is 54.6 Å². The monoisotopic (exact) mass is 245 g/mol. The molecule has 0 aliphatic carbocycles. The van der Waals surface area contributed by atoms with Crippen LogP contribution in [-0.2, 0) is 0 Å². The molecule has 10 heavy (non-hydrogen) atoms. The van der Waals surface area contributed by atoms with E-state index < -0.39 is 0 Å². The van der Waals surface area contributed by atoms with Crippen molar-refractivity contribution in [2.45, 2.75) is 19.8 Å². The molecule has 0 fully saturated rings. The molecule has 0 N–H and O–H groups in total. The Morgan fingerprint density at radius 1 is 1.50 bits per heavy atom. The minimum Gasteiger partial charge on any atom is -0.0587 e. The van der Waals surface area contributed by atoms with Gasteiger partial charge in [-0.05, 0) is 52.3 Å². The van der Waals surface area contributed by atoms with E-state index in [1.165, 1.54) is 9.13 Å². The van der Waals surface area contributed by atoms with Crippen molar-refractivity contribution in [3.05, 3.63) is 33.4 Å². The van der Waals surface area contributed by atoms with Gasteiger partial charge in [0, 0.05) is 3.57 Å². The molecule has 0 aliphatic heterocycles. The van der Waals surface area contributed by atoms with Crippen molar-refractivity contribution in [1.29, 1.82) is 0 Å². The summed E-state index contributed by atoms with van der Waals surface area (Å²) in [6.07, 6.45) is 0. The highest BCUT2D eigenvalue weighted by molar-refractivity contribution is 14.1. The first-order valence-corrected chi connectivity index (χ1v) is 4.45. The average Bonchev–Trinajstić information content (AvgIpc) is 1.88. The molecule has 0 unspecified atom stereocenters. The van der Waals surface area contributed by atoms with Crippen LogP contribution in [0.1, 0.15) is 25.3 Å². The fraction of sp³-hybridized carbons (Fsp3) is 0.333. The molecule has 0 atom stereocenters. The number of benzene rings is 1. The van der Waals surface area contributed by atoms with Gasteiger partial charge in [-0.25, -0.2) is 0 Å². The molecular formula is C9H10I. The normalized spacial score (nSPS) is 10.4. The van der Waals surface area contributed by atoms with Gasteiger partial charge in [0.1, 0.15) is 0 Å². The first-order valence-electron chi connectivity index (χ1n) is 3.37. The molecule has 1 radical (unpaired) electrons. The van der Waals surface area contributed by atoms with E-state index in [-0.39, 0.29) is 0 Å². The average molecular weight is 245 g/mol. The molecule has 0 saturated heterocycles. The maximum atomic E-state index is 3.20. The van der Waals surface area contributed by atoms with Gasteiger partial charge < -0.3 is 0 Å². The maximum Gasteiger partial charge on any atom is 0.0133 e. The third kappa shape index (κ3) is 1.97. The van der Waals surface area contributed by atoms with Crippen LogP contribution in [0.15, 0.2) is 18.2 Å². The van der Waals surface area contributed by atoms with Crippen molar-refractivity contribution in [3.8, 4) is 0 Å². The van der Waals surface area contributed by atoms with Crippen molar-refractivity contribution < 1.29 is 0 Å². The van der Waals surface area contributed by atoms with Gasteiger partial charge in [-0.1, -0.05) is 19.9 Å². The Labute approximate surface area is 75.8 Å². The highest BCUT2D eigenvalue weighted by Crippen LogP contribution is 2.15. The molecule has 1 heteroatoms. The molecule has 1 aromatic carbocycles. The van der Waals surface area contributed by atoms with E-state index in [0.29, 0.717) is 5.92 Å². The van der Waals surface area contributed by atoms with Gasteiger partial charge in [0.2, 0.25) is 0 Å². The topological polar surface area (TPSA) is 0 Å². The van der Waals surface area contributed by atoms with Crippen molar-refractivity contribution in [1.82, 2.24) is 0 Å². The predicted octanol–water partition coefficient (Wildman–Crippen LogP) is 3.21. The second-order valence-corrected chi connectivity index (χ2v) is 3.86. The smallest absolute Gasteiger partial charge is 0.0133 e. The maximum absolute atomic E-state index is 3.20. The summed E-state index contributed by atoms with van der Waals surface area (Å²) < 4.78 is 1.29. The first kappa shape index (κ1) is 8.05. The SMILES string of the molecule is CC(C)c1[c]ccc(I)c1. The van der Waals surface area contributed by atoms with E-state index >= 15 is 0 Å². The van der Waals surface area contributed by atoms with Gasteiger partial charge in [-0.15, -0.1) is 0 Å². The largest absolute Gasteiger partial charge is 0.0587 e. The van der Waals surface area contributed by atoms with E-state index in [0.717, 1.165) is 0 Å². The Bertz CT molecular complexity index is 216. The summed E-state index contributed by atoms with van der Waals surface area (Å²) in [4.78, 5) is 0. The molecule has 0 heterocycles. The summed E-state index contributed by atoms with van der Waals surface area (Å²) in [5, 5.41) is 0. The molecule has 0 aliphatic rings. The third-order valence-corrected chi connectivity index (χ3v) is 2.08. The van der Waals surface area contributed by atoms with Gasteiger partial charge in [-0.2, -0.15) is 0 Å². The molecule has 53 valence electrons. The van der Waals surface area contributed by atoms with E-state index in [1.54, 1.807) is 0 Å². The molecular weight excluding hydrogens is 235 g/mol. The number of halogens is 1. The number of rotatable bonds is 1. The lowest BCUT2D eigenvalue weighted by Gasteiger charge is -2.03. The molecule has 0 saturated carbocycles. The van der Waals surface area contributed by atoms with Crippen LogP contribution in [0, 0.1) is 9.64 Å². The molecule has 0 amide bonds. The third-order valence-electron chi connectivity index (χ3n) is 1.41. The first-order chi connectivity index (χ1) is 4.70. The molecule has 1 rings (SSSR count). The van der Waals surface area contributed by atoms with Crippen molar-refractivity contribution in [2.75, 3.05) is 0 Å². The Hall–Kier alpha value is -0.0500. The van der Waals surface area contributed by atoms with Crippen LogP contribution in [0.3, 0.4) is 0 Å². The summed E-state index contributed by atoms with van der Waals surface area (Å²) in [7, 11) is 0. The lowest BCUT2D eigenvalue weighted by molar-refractivity contribution is 0.864. The fourth-order valence-corrected chi connectivity index (χ4v) is 1.30. The van der Waals surface area contributed by atoms with Crippen LogP contribution in [-0.4, -0.2) is 0 Å². The second kappa shape index (κ2) is 3.37. The zero-order valence-electron chi connectivity index (χ0n) is 6.19. The lowest BCUT2D eigenvalue weighted by atomic mass is 10.0. The van der Waals surface area contributed by atoms with Crippen LogP contribution in [0.5, 0.6) is 0 Å². The zero-order valence-corrected chi connectivity index (χ0v) is 8.34. The van der Waals surface area contributed by atoms with Gasteiger partial charge in [0.05, 0.1) is 0 Å². The Kier molecular flexibility index (Phi) is 2.72. The summed E-state index contributed by atoms with van der Waals surface area (Å²) in [5.74, 6) is 0.592. The van der Waals surface area contributed by atoms with Crippen LogP contribution >= 0.6 is 22.6 Å². The quantitative estimate of drug-likeness (QED) is 0.666. The summed E-state index contributed by atoms with van der Waals surface area (Å²) in [5.41, 5.74) is 1.30. The molecule has 0 spiro atoms. The molecule has 0 nitrogen and oxygen atoms in total. The molecule has 0 bridgehead atoms. The predicted molar refractivity (Wildman–Crippen MR) is 52.1 cm³/mol. The minimum absolute atomic E-state index is 0.592.